The number of benzene rings is 2. The van der Waals surface area contributed by atoms with Gasteiger partial charge in [0.25, 0.3) is 0 Å². The topological polar surface area (TPSA) is 20.2 Å². The van der Waals surface area contributed by atoms with Gasteiger partial charge in [-0.2, -0.15) is 0 Å². The molecule has 0 saturated carbocycles. The quantitative estimate of drug-likeness (QED) is 0.416. The average Bonchev–Trinajstić information content (AvgIpc) is 2.58. The molecule has 1 nitrogen and oxygen atoms in total. The first-order chi connectivity index (χ1) is 11.3. The second-order valence-electron chi connectivity index (χ2n) is 6.11. The lowest BCUT2D eigenvalue weighted by molar-refractivity contribution is 0.465. The van der Waals surface area contributed by atoms with E-state index in [2.05, 4.69) is 37.3 Å². The van der Waals surface area contributed by atoms with Crippen molar-refractivity contribution in [3.8, 4) is 5.75 Å². The van der Waals surface area contributed by atoms with Gasteiger partial charge in [0.05, 0.1) is 0 Å². The number of aromatic hydroxyl groups is 1. The molecule has 0 saturated heterocycles. The van der Waals surface area contributed by atoms with E-state index in [1.165, 1.54) is 37.7 Å². The van der Waals surface area contributed by atoms with Gasteiger partial charge in [0.1, 0.15) is 5.75 Å². The van der Waals surface area contributed by atoms with Gasteiger partial charge in [0.2, 0.25) is 0 Å². The van der Waals surface area contributed by atoms with Crippen LogP contribution < -0.4 is 0 Å². The van der Waals surface area contributed by atoms with Crippen molar-refractivity contribution in [2.45, 2.75) is 51.9 Å². The first kappa shape index (κ1) is 17.3. The van der Waals surface area contributed by atoms with Crippen LogP contribution in [0.3, 0.4) is 0 Å². The van der Waals surface area contributed by atoms with E-state index in [1.54, 1.807) is 6.07 Å². The molecule has 122 valence electrons. The van der Waals surface area contributed by atoms with Crippen molar-refractivity contribution < 1.29 is 5.11 Å². The Balaban J connectivity index is 1.97. The van der Waals surface area contributed by atoms with Crippen LogP contribution >= 0.6 is 0 Å². The van der Waals surface area contributed by atoms with Crippen molar-refractivity contribution in [3.63, 3.8) is 0 Å². The molecule has 0 aromatic heterocycles. The summed E-state index contributed by atoms with van der Waals surface area (Å²) < 4.78 is 0. The van der Waals surface area contributed by atoms with Crippen LogP contribution in [-0.2, 0) is 6.42 Å². The summed E-state index contributed by atoms with van der Waals surface area (Å²) in [6.07, 6.45) is 12.8. The predicted octanol–water partition coefficient (Wildman–Crippen LogP) is 6.47. The Hall–Kier alpha value is -2.02. The van der Waals surface area contributed by atoms with E-state index in [1.807, 2.05) is 24.3 Å². The molecule has 0 amide bonds. The number of hydrogen-bond donors (Lipinski definition) is 1. The maximum absolute atomic E-state index is 10.2. The molecule has 0 aliphatic carbocycles. The predicted molar refractivity (Wildman–Crippen MR) is 101 cm³/mol. The number of phenolic OH excluding ortho intramolecular Hbond substituents is 1. The van der Waals surface area contributed by atoms with Crippen LogP contribution in [0, 0.1) is 0 Å². The fourth-order valence-electron chi connectivity index (χ4n) is 2.85. The Morgan fingerprint density at radius 2 is 1.52 bits per heavy atom. The molecule has 1 heteroatoms. The number of hydrogen-bond acceptors (Lipinski definition) is 1. The van der Waals surface area contributed by atoms with Gasteiger partial charge in [-0.3, -0.25) is 0 Å². The molecule has 0 bridgehead atoms. The number of unbranched alkanes of at least 4 members (excludes halogenated alkanes) is 5. The summed E-state index contributed by atoms with van der Waals surface area (Å²) in [6, 6.07) is 16.1. The molecule has 0 atom stereocenters. The largest absolute Gasteiger partial charge is 0.508 e. The molecule has 2 aromatic rings. The number of phenols is 1. The molecule has 0 unspecified atom stereocenters. The summed E-state index contributed by atoms with van der Waals surface area (Å²) in [5.41, 5.74) is 3.39. The molecule has 0 heterocycles. The summed E-state index contributed by atoms with van der Waals surface area (Å²) in [4.78, 5) is 0. The minimum absolute atomic E-state index is 0.425. The highest BCUT2D eigenvalue weighted by Gasteiger charge is 2.05. The van der Waals surface area contributed by atoms with E-state index in [0.29, 0.717) is 5.75 Å². The maximum Gasteiger partial charge on any atom is 0.119 e. The molecular formula is C22H28O. The summed E-state index contributed by atoms with van der Waals surface area (Å²) in [7, 11) is 0. The van der Waals surface area contributed by atoms with E-state index < -0.39 is 0 Å². The Morgan fingerprint density at radius 3 is 2.30 bits per heavy atom. The third-order valence-corrected chi connectivity index (χ3v) is 4.22. The van der Waals surface area contributed by atoms with E-state index in [4.69, 9.17) is 0 Å². The third-order valence-electron chi connectivity index (χ3n) is 4.22. The molecule has 2 aromatic carbocycles. The highest BCUT2D eigenvalue weighted by Crippen LogP contribution is 2.25. The minimum Gasteiger partial charge on any atom is -0.508 e. The standard InChI is InChI=1S/C22H28O/c1-2-3-4-5-6-10-15-21-20(14-11-16-22(21)23)18-17-19-12-8-7-9-13-19/h7-9,11-14,16-18,23H,2-6,10,15H2,1H3. The first-order valence-electron chi connectivity index (χ1n) is 8.85. The van der Waals surface area contributed by atoms with Gasteiger partial charge in [-0.05, 0) is 30.0 Å². The molecule has 0 aliphatic rings. The monoisotopic (exact) mass is 308 g/mol. The Morgan fingerprint density at radius 1 is 0.783 bits per heavy atom. The first-order valence-corrected chi connectivity index (χ1v) is 8.85. The zero-order valence-corrected chi connectivity index (χ0v) is 14.2. The second-order valence-corrected chi connectivity index (χ2v) is 6.11. The van der Waals surface area contributed by atoms with Crippen molar-refractivity contribution in [3.05, 3.63) is 65.2 Å². The second kappa shape index (κ2) is 9.89. The zero-order chi connectivity index (χ0) is 16.3. The van der Waals surface area contributed by atoms with Crippen LogP contribution in [-0.4, -0.2) is 5.11 Å². The van der Waals surface area contributed by atoms with Gasteiger partial charge in [-0.25, -0.2) is 0 Å². The van der Waals surface area contributed by atoms with Crippen LogP contribution in [0.4, 0.5) is 0 Å². The van der Waals surface area contributed by atoms with E-state index in [0.717, 1.165) is 24.0 Å². The molecule has 0 spiro atoms. The summed E-state index contributed by atoms with van der Waals surface area (Å²) in [5, 5.41) is 10.2. The highest BCUT2D eigenvalue weighted by atomic mass is 16.3. The molecular weight excluding hydrogens is 280 g/mol. The van der Waals surface area contributed by atoms with Crippen LogP contribution in [0.15, 0.2) is 48.5 Å². The van der Waals surface area contributed by atoms with Crippen molar-refractivity contribution in [2.24, 2.45) is 0 Å². The molecule has 1 N–H and O–H groups in total. The van der Waals surface area contributed by atoms with Crippen LogP contribution in [0.5, 0.6) is 5.75 Å². The van der Waals surface area contributed by atoms with Gasteiger partial charge in [-0.15, -0.1) is 0 Å². The summed E-state index contributed by atoms with van der Waals surface area (Å²) in [6.45, 7) is 2.24. The Kier molecular flexibility index (Phi) is 7.45. The summed E-state index contributed by atoms with van der Waals surface area (Å²) in [5.74, 6) is 0.425. The third kappa shape index (κ3) is 5.94. The Labute approximate surface area is 140 Å². The lowest BCUT2D eigenvalue weighted by Gasteiger charge is -2.09. The van der Waals surface area contributed by atoms with Crippen molar-refractivity contribution in [2.75, 3.05) is 0 Å². The molecule has 23 heavy (non-hydrogen) atoms. The maximum atomic E-state index is 10.2. The SMILES string of the molecule is CCCCCCCCc1c(O)cccc1C=Cc1ccccc1. The zero-order valence-electron chi connectivity index (χ0n) is 14.2. The van der Waals surface area contributed by atoms with E-state index >= 15 is 0 Å². The minimum atomic E-state index is 0.425. The fourth-order valence-corrected chi connectivity index (χ4v) is 2.85. The van der Waals surface area contributed by atoms with Gasteiger partial charge in [0, 0.05) is 5.56 Å². The molecule has 2 rings (SSSR count). The highest BCUT2D eigenvalue weighted by molar-refractivity contribution is 5.72. The lowest BCUT2D eigenvalue weighted by Crippen LogP contribution is -1.91. The average molecular weight is 308 g/mol. The smallest absolute Gasteiger partial charge is 0.119 e. The van der Waals surface area contributed by atoms with Crippen LogP contribution in [0.2, 0.25) is 0 Å². The molecule has 0 aliphatic heterocycles. The molecule has 0 radical (unpaired) electrons. The summed E-state index contributed by atoms with van der Waals surface area (Å²) >= 11 is 0. The van der Waals surface area contributed by atoms with E-state index in [9.17, 15) is 5.11 Å². The number of rotatable bonds is 9. The van der Waals surface area contributed by atoms with Crippen molar-refractivity contribution in [1.82, 2.24) is 0 Å². The van der Waals surface area contributed by atoms with Crippen molar-refractivity contribution in [1.29, 1.82) is 0 Å². The van der Waals surface area contributed by atoms with Gasteiger partial charge >= 0.3 is 0 Å². The van der Waals surface area contributed by atoms with E-state index in [-0.39, 0.29) is 0 Å². The van der Waals surface area contributed by atoms with Gasteiger partial charge < -0.3 is 5.11 Å². The fraction of sp³-hybridized carbons (Fsp3) is 0.364. The van der Waals surface area contributed by atoms with Gasteiger partial charge in [-0.1, -0.05) is 93.6 Å². The van der Waals surface area contributed by atoms with Gasteiger partial charge in [0.15, 0.2) is 0 Å². The Bertz CT molecular complexity index is 599. The normalized spacial score (nSPS) is 11.2. The van der Waals surface area contributed by atoms with Crippen molar-refractivity contribution >= 4 is 12.2 Å². The van der Waals surface area contributed by atoms with Crippen LogP contribution in [0.1, 0.15) is 62.1 Å². The lowest BCUT2D eigenvalue weighted by atomic mass is 9.98. The van der Waals surface area contributed by atoms with Crippen LogP contribution in [0.25, 0.3) is 12.2 Å². The molecule has 0 fully saturated rings.